The van der Waals surface area contributed by atoms with E-state index in [9.17, 15) is 0 Å². The number of piperidine rings is 1. The molecule has 1 aromatic rings. The molecule has 3 heterocycles. The van der Waals surface area contributed by atoms with Gasteiger partial charge in [-0.3, -0.25) is 9.80 Å². The molecule has 0 radical (unpaired) electrons. The number of piperazine rings is 1. The third-order valence-electron chi connectivity index (χ3n) is 4.42. The third kappa shape index (κ3) is 4.08. The summed E-state index contributed by atoms with van der Waals surface area (Å²) in [6, 6.07) is 3.00. The topological polar surface area (TPSA) is 26.7 Å². The Hall–Kier alpha value is -0.860. The van der Waals surface area contributed by atoms with Crippen molar-refractivity contribution in [2.75, 3.05) is 32.8 Å². The molecule has 2 aliphatic heterocycles. The highest BCUT2D eigenvalue weighted by atomic mass is 32.1. The molecule has 21 heavy (non-hydrogen) atoms. The Labute approximate surface area is 131 Å². The van der Waals surface area contributed by atoms with E-state index >= 15 is 0 Å². The molecule has 2 aliphatic rings. The highest BCUT2D eigenvalue weighted by Gasteiger charge is 2.28. The fraction of sp³-hybridized carbons (Fsp3) is 0.647. The molecule has 0 saturated carbocycles. The largest absolute Gasteiger partial charge is 0.395 e. The van der Waals surface area contributed by atoms with Crippen molar-refractivity contribution < 1.29 is 5.11 Å². The Morgan fingerprint density at radius 3 is 3.14 bits per heavy atom. The predicted octanol–water partition coefficient (Wildman–Crippen LogP) is 2.15. The summed E-state index contributed by atoms with van der Waals surface area (Å²) >= 11 is 1.81. The van der Waals surface area contributed by atoms with Crippen LogP contribution in [0.4, 0.5) is 0 Å². The van der Waals surface area contributed by atoms with E-state index in [1.165, 1.54) is 50.3 Å². The van der Waals surface area contributed by atoms with E-state index in [1.54, 1.807) is 0 Å². The fourth-order valence-corrected chi connectivity index (χ4v) is 4.19. The summed E-state index contributed by atoms with van der Waals surface area (Å²) in [6.07, 6.45) is 4.73. The zero-order chi connectivity index (χ0) is 14.5. The monoisotopic (exact) mass is 304 g/mol. The van der Waals surface area contributed by atoms with Crippen LogP contribution >= 0.6 is 11.3 Å². The quantitative estimate of drug-likeness (QED) is 0.867. The zero-order valence-corrected chi connectivity index (χ0v) is 13.4. The van der Waals surface area contributed by atoms with E-state index in [0.29, 0.717) is 6.42 Å². The van der Waals surface area contributed by atoms with Crippen LogP contribution in [0.2, 0.25) is 0 Å². The summed E-state index contributed by atoms with van der Waals surface area (Å²) in [7, 11) is 0. The molecule has 1 N–H and O–H groups in total. The molecule has 0 aromatic carbocycles. The lowest BCUT2D eigenvalue weighted by atomic mass is 9.99. The Bertz CT molecular complexity index is 516. The zero-order valence-electron chi connectivity index (χ0n) is 12.6. The summed E-state index contributed by atoms with van der Waals surface area (Å²) in [5.41, 5.74) is 1.10. The van der Waals surface area contributed by atoms with Gasteiger partial charge in [0.15, 0.2) is 0 Å². The van der Waals surface area contributed by atoms with Crippen LogP contribution in [0, 0.1) is 11.8 Å². The average molecular weight is 304 g/mol. The molecule has 3 rings (SSSR count). The minimum absolute atomic E-state index is 0.148. The van der Waals surface area contributed by atoms with E-state index in [4.69, 9.17) is 5.11 Å². The molecule has 1 aromatic heterocycles. The first-order valence-corrected chi connectivity index (χ1v) is 8.86. The summed E-state index contributed by atoms with van der Waals surface area (Å²) in [5.74, 6) is 6.11. The van der Waals surface area contributed by atoms with Gasteiger partial charge >= 0.3 is 0 Å². The van der Waals surface area contributed by atoms with Gasteiger partial charge in [0.25, 0.3) is 0 Å². The second-order valence-corrected chi connectivity index (χ2v) is 6.99. The number of hydrogen-bond acceptors (Lipinski definition) is 4. The van der Waals surface area contributed by atoms with E-state index in [2.05, 4.69) is 33.1 Å². The van der Waals surface area contributed by atoms with E-state index in [0.717, 1.165) is 18.2 Å². The van der Waals surface area contributed by atoms with Crippen molar-refractivity contribution in [3.05, 3.63) is 21.9 Å². The van der Waals surface area contributed by atoms with E-state index < -0.39 is 0 Å². The number of nitrogens with zero attached hydrogens (tertiary/aromatic N) is 2. The molecule has 2 saturated heterocycles. The number of hydrogen-bond donors (Lipinski definition) is 1. The molecule has 1 atom stereocenters. The van der Waals surface area contributed by atoms with Gasteiger partial charge in [0, 0.05) is 54.5 Å². The molecule has 2 fully saturated rings. The maximum Gasteiger partial charge on any atom is 0.0540 e. The van der Waals surface area contributed by atoms with Gasteiger partial charge in [0.05, 0.1) is 6.61 Å². The van der Waals surface area contributed by atoms with Gasteiger partial charge in [-0.15, -0.1) is 11.3 Å². The van der Waals surface area contributed by atoms with Crippen molar-refractivity contribution >= 4 is 11.3 Å². The van der Waals surface area contributed by atoms with Crippen LogP contribution < -0.4 is 0 Å². The molecule has 114 valence electrons. The highest BCUT2D eigenvalue weighted by Crippen LogP contribution is 2.23. The second kappa shape index (κ2) is 7.42. The molecular formula is C17H24N2OS. The maximum absolute atomic E-state index is 8.75. The second-order valence-electron chi connectivity index (χ2n) is 6.00. The van der Waals surface area contributed by atoms with Gasteiger partial charge in [-0.1, -0.05) is 18.3 Å². The van der Waals surface area contributed by atoms with Gasteiger partial charge in [0.1, 0.15) is 0 Å². The van der Waals surface area contributed by atoms with Gasteiger partial charge in [-0.25, -0.2) is 0 Å². The minimum atomic E-state index is 0.148. The highest BCUT2D eigenvalue weighted by molar-refractivity contribution is 7.10. The smallest absolute Gasteiger partial charge is 0.0540 e. The molecule has 0 bridgehead atoms. The number of aliphatic hydroxyl groups excluding tert-OH is 1. The lowest BCUT2D eigenvalue weighted by Gasteiger charge is -2.44. The van der Waals surface area contributed by atoms with Gasteiger partial charge in [-0.05, 0) is 25.5 Å². The van der Waals surface area contributed by atoms with Crippen LogP contribution in [0.25, 0.3) is 0 Å². The summed E-state index contributed by atoms with van der Waals surface area (Å²) in [5, 5.41) is 10.9. The molecule has 1 unspecified atom stereocenters. The lowest BCUT2D eigenvalue weighted by Crippen LogP contribution is -2.54. The minimum Gasteiger partial charge on any atom is -0.395 e. The van der Waals surface area contributed by atoms with E-state index in [1.807, 2.05) is 11.3 Å². The first-order chi connectivity index (χ1) is 10.3. The maximum atomic E-state index is 8.75. The third-order valence-corrected chi connectivity index (χ3v) is 5.35. The van der Waals surface area contributed by atoms with Gasteiger partial charge in [0.2, 0.25) is 0 Å². The van der Waals surface area contributed by atoms with Gasteiger partial charge < -0.3 is 5.11 Å². The Balaban J connectivity index is 1.54. The molecule has 0 spiro atoms. The van der Waals surface area contributed by atoms with Crippen LogP contribution in [0.5, 0.6) is 0 Å². The number of rotatable bonds is 3. The normalized spacial score (nSPS) is 23.4. The van der Waals surface area contributed by atoms with Crippen LogP contribution in [0.15, 0.2) is 11.4 Å². The predicted molar refractivity (Wildman–Crippen MR) is 87.4 cm³/mol. The summed E-state index contributed by atoms with van der Waals surface area (Å²) in [4.78, 5) is 6.69. The van der Waals surface area contributed by atoms with Crippen molar-refractivity contribution in [1.82, 2.24) is 9.80 Å². The SMILES string of the molecule is OCCC#Cc1csc(CN2CCN3CCCCC3C2)c1. The van der Waals surface area contributed by atoms with Crippen LogP contribution in [-0.2, 0) is 6.54 Å². The molecule has 4 heteroatoms. The summed E-state index contributed by atoms with van der Waals surface area (Å²) < 4.78 is 0. The van der Waals surface area contributed by atoms with Crippen molar-refractivity contribution in [3.63, 3.8) is 0 Å². The molecular weight excluding hydrogens is 280 g/mol. The van der Waals surface area contributed by atoms with Crippen molar-refractivity contribution in [1.29, 1.82) is 0 Å². The van der Waals surface area contributed by atoms with Gasteiger partial charge in [-0.2, -0.15) is 0 Å². The number of thiophene rings is 1. The van der Waals surface area contributed by atoms with Crippen molar-refractivity contribution in [3.8, 4) is 11.8 Å². The number of fused-ring (bicyclic) bond motifs is 1. The Morgan fingerprint density at radius 1 is 1.29 bits per heavy atom. The van der Waals surface area contributed by atoms with E-state index in [-0.39, 0.29) is 6.61 Å². The molecule has 0 amide bonds. The van der Waals surface area contributed by atoms with Crippen LogP contribution in [0.1, 0.15) is 36.1 Å². The first-order valence-electron chi connectivity index (χ1n) is 7.99. The van der Waals surface area contributed by atoms with Crippen LogP contribution in [0.3, 0.4) is 0 Å². The van der Waals surface area contributed by atoms with Crippen molar-refractivity contribution in [2.45, 2.75) is 38.3 Å². The van der Waals surface area contributed by atoms with Crippen LogP contribution in [-0.4, -0.2) is 53.7 Å². The fourth-order valence-electron chi connectivity index (χ4n) is 3.33. The number of aliphatic hydroxyl groups is 1. The molecule has 0 aliphatic carbocycles. The average Bonchev–Trinajstić information content (AvgIpc) is 2.95. The van der Waals surface area contributed by atoms with Crippen molar-refractivity contribution in [2.24, 2.45) is 0 Å². The lowest BCUT2D eigenvalue weighted by molar-refractivity contribution is 0.0461. The Morgan fingerprint density at radius 2 is 2.24 bits per heavy atom. The Kier molecular flexibility index (Phi) is 5.32. The molecule has 3 nitrogen and oxygen atoms in total. The first kappa shape index (κ1) is 15.1. The standard InChI is InChI=1S/C17H24N2OS/c20-10-4-2-5-15-11-17(21-14-15)13-18-8-9-19-7-3-1-6-16(19)12-18/h11,14,16,20H,1,3-4,6-10,12-13H2. The summed E-state index contributed by atoms with van der Waals surface area (Å²) in [6.45, 7) is 6.18.